The Bertz CT molecular complexity index is 1490. The predicted octanol–water partition coefficient (Wildman–Crippen LogP) is 5.42. The van der Waals surface area contributed by atoms with Gasteiger partial charge in [-0.05, 0) is 116 Å². The average molecular weight is 663 g/mol. The summed E-state index contributed by atoms with van der Waals surface area (Å²) in [4.78, 5) is 41.8. The van der Waals surface area contributed by atoms with Gasteiger partial charge in [-0.2, -0.15) is 0 Å². The number of hydrogen-bond acceptors (Lipinski definition) is 8. The molecule has 1 atom stereocenters. The van der Waals surface area contributed by atoms with Crippen LogP contribution in [0.15, 0.2) is 30.7 Å². The first kappa shape index (κ1) is 33.2. The van der Waals surface area contributed by atoms with E-state index in [1.54, 1.807) is 11.1 Å². The molecule has 48 heavy (non-hydrogen) atoms. The SMILES string of the molecule is CC(C)N(C(=O)c1cc(F)ccc1Oc1cncnc1N1CC2(CCN(CC3CCC4(CC3)CC3(CCOC3)C(=O)N4)CC2)C1)C(C)C. The first-order valence-corrected chi connectivity index (χ1v) is 18.0. The standard InChI is InChI=1S/C37H51FN6O4/c1-25(2)44(26(3)4)33(45)29-17-28(38)5-6-30(29)48-31-18-39-24-40-32(31)43-21-35(22-43)11-14-42(15-12-35)19-27-7-9-37(10-8-27)20-36(34(46)41-37)13-16-47-23-36/h5-6,17-18,24-27H,7-16,19-23H2,1-4H3,(H,41,46). The Morgan fingerprint density at radius 3 is 2.48 bits per heavy atom. The molecule has 260 valence electrons. The van der Waals surface area contributed by atoms with E-state index in [-0.39, 0.29) is 45.8 Å². The minimum Gasteiger partial charge on any atom is -0.451 e. The molecule has 1 aromatic carbocycles. The number of benzene rings is 1. The van der Waals surface area contributed by atoms with Crippen molar-refractivity contribution in [1.82, 2.24) is 25.1 Å². The van der Waals surface area contributed by atoms with Crippen molar-refractivity contribution in [2.24, 2.45) is 16.7 Å². The number of anilines is 1. The Morgan fingerprint density at radius 1 is 1.08 bits per heavy atom. The Kier molecular flexibility index (Phi) is 8.89. The van der Waals surface area contributed by atoms with E-state index < -0.39 is 5.82 Å². The smallest absolute Gasteiger partial charge is 0.258 e. The minimum atomic E-state index is -0.485. The molecule has 0 bridgehead atoms. The van der Waals surface area contributed by atoms with E-state index in [2.05, 4.69) is 25.1 Å². The highest BCUT2D eigenvalue weighted by Gasteiger charge is 2.56. The Hall–Kier alpha value is -3.31. The van der Waals surface area contributed by atoms with E-state index in [9.17, 15) is 14.0 Å². The van der Waals surface area contributed by atoms with Gasteiger partial charge in [0.1, 0.15) is 17.9 Å². The van der Waals surface area contributed by atoms with Gasteiger partial charge in [0.2, 0.25) is 5.91 Å². The molecule has 11 heteroatoms. The fourth-order valence-electron chi connectivity index (χ4n) is 9.29. The van der Waals surface area contributed by atoms with Crippen molar-refractivity contribution >= 4 is 17.6 Å². The van der Waals surface area contributed by atoms with Crippen LogP contribution in [0.1, 0.15) is 89.4 Å². The number of piperidine rings is 1. The number of halogens is 1. The van der Waals surface area contributed by atoms with Gasteiger partial charge in [-0.1, -0.05) is 0 Å². The highest BCUT2D eigenvalue weighted by Crippen LogP contribution is 2.49. The maximum atomic E-state index is 14.4. The summed E-state index contributed by atoms with van der Waals surface area (Å²) in [7, 11) is 0. The molecule has 10 nitrogen and oxygen atoms in total. The molecule has 5 heterocycles. The van der Waals surface area contributed by atoms with Crippen LogP contribution in [-0.4, -0.2) is 95.1 Å². The van der Waals surface area contributed by atoms with Crippen LogP contribution in [-0.2, 0) is 9.53 Å². The summed E-state index contributed by atoms with van der Waals surface area (Å²) in [6, 6.07) is 3.98. The van der Waals surface area contributed by atoms with Gasteiger partial charge in [0.25, 0.3) is 5.91 Å². The maximum absolute atomic E-state index is 14.4. The summed E-state index contributed by atoms with van der Waals surface area (Å²) in [6.45, 7) is 14.3. The number of amides is 2. The third-order valence-electron chi connectivity index (χ3n) is 11.9. The zero-order chi connectivity index (χ0) is 33.7. The second kappa shape index (κ2) is 12.9. The molecule has 1 unspecified atom stereocenters. The zero-order valence-electron chi connectivity index (χ0n) is 29.0. The predicted molar refractivity (Wildman–Crippen MR) is 181 cm³/mol. The van der Waals surface area contributed by atoms with Crippen LogP contribution in [0.3, 0.4) is 0 Å². The zero-order valence-corrected chi connectivity index (χ0v) is 29.0. The quantitative estimate of drug-likeness (QED) is 0.400. The van der Waals surface area contributed by atoms with Gasteiger partial charge in [-0.15, -0.1) is 0 Å². The number of likely N-dealkylation sites (tertiary alicyclic amines) is 1. The number of nitrogens with one attached hydrogen (secondary N) is 1. The number of nitrogens with zero attached hydrogens (tertiary/aromatic N) is 5. The second-order valence-corrected chi connectivity index (χ2v) is 15.9. The Balaban J connectivity index is 0.932. The number of hydrogen-bond donors (Lipinski definition) is 1. The molecule has 4 saturated heterocycles. The summed E-state index contributed by atoms with van der Waals surface area (Å²) in [5.41, 5.74) is 0.165. The van der Waals surface area contributed by atoms with Crippen molar-refractivity contribution in [1.29, 1.82) is 0 Å². The van der Waals surface area contributed by atoms with Crippen molar-refractivity contribution in [2.75, 3.05) is 50.8 Å². The molecule has 1 aliphatic carbocycles. The number of aromatic nitrogens is 2. The topological polar surface area (TPSA) is 100 Å². The molecule has 5 aliphatic rings. The third kappa shape index (κ3) is 6.28. The molecule has 3 spiro atoms. The van der Waals surface area contributed by atoms with Crippen LogP contribution >= 0.6 is 0 Å². The molecule has 2 amide bonds. The van der Waals surface area contributed by atoms with Crippen LogP contribution in [0.25, 0.3) is 0 Å². The minimum absolute atomic E-state index is 0.0114. The van der Waals surface area contributed by atoms with E-state index in [0.29, 0.717) is 36.4 Å². The Morgan fingerprint density at radius 2 is 1.81 bits per heavy atom. The van der Waals surface area contributed by atoms with Crippen molar-refractivity contribution < 1.29 is 23.5 Å². The largest absolute Gasteiger partial charge is 0.451 e. The van der Waals surface area contributed by atoms with Crippen molar-refractivity contribution in [3.63, 3.8) is 0 Å². The number of ether oxygens (including phenoxy) is 2. The van der Waals surface area contributed by atoms with E-state index >= 15 is 0 Å². The van der Waals surface area contributed by atoms with Gasteiger partial charge in [-0.25, -0.2) is 14.4 Å². The molecule has 0 radical (unpaired) electrons. The Labute approximate surface area is 283 Å². The van der Waals surface area contributed by atoms with Gasteiger partial charge in [0.05, 0.1) is 23.8 Å². The molecular formula is C37H51FN6O4. The lowest BCUT2D eigenvalue weighted by Gasteiger charge is -2.55. The molecule has 1 saturated carbocycles. The molecule has 7 rings (SSSR count). The van der Waals surface area contributed by atoms with Gasteiger partial charge in [-0.3, -0.25) is 9.59 Å². The number of rotatable bonds is 8. The summed E-state index contributed by atoms with van der Waals surface area (Å²) < 4.78 is 26.3. The molecule has 1 N–H and O–H groups in total. The van der Waals surface area contributed by atoms with Gasteiger partial charge in [0, 0.05) is 49.3 Å². The van der Waals surface area contributed by atoms with Crippen molar-refractivity contribution in [3.8, 4) is 11.5 Å². The van der Waals surface area contributed by atoms with Crippen LogP contribution in [0.4, 0.5) is 10.2 Å². The lowest BCUT2D eigenvalue weighted by Crippen LogP contribution is -2.61. The van der Waals surface area contributed by atoms with Crippen molar-refractivity contribution in [3.05, 3.63) is 42.1 Å². The van der Waals surface area contributed by atoms with Gasteiger partial charge in [0.15, 0.2) is 11.6 Å². The van der Waals surface area contributed by atoms with Crippen LogP contribution < -0.4 is 15.0 Å². The van der Waals surface area contributed by atoms with Gasteiger partial charge >= 0.3 is 0 Å². The van der Waals surface area contributed by atoms with E-state index in [0.717, 1.165) is 71.2 Å². The summed E-state index contributed by atoms with van der Waals surface area (Å²) in [6.07, 6.45) is 11.8. The second-order valence-electron chi connectivity index (χ2n) is 15.9. The van der Waals surface area contributed by atoms with Crippen molar-refractivity contribution in [2.45, 2.75) is 96.7 Å². The molecule has 2 aromatic rings. The fraction of sp³-hybridized carbons (Fsp3) is 0.676. The monoisotopic (exact) mass is 662 g/mol. The normalized spacial score (nSPS) is 28.4. The van der Waals surface area contributed by atoms with E-state index in [4.69, 9.17) is 9.47 Å². The number of carbonyl (C=O) groups is 2. The molecule has 1 aromatic heterocycles. The van der Waals surface area contributed by atoms with Crippen LogP contribution in [0.2, 0.25) is 0 Å². The summed E-state index contributed by atoms with van der Waals surface area (Å²) in [5.74, 6) is 1.62. The van der Waals surface area contributed by atoms with Crippen LogP contribution in [0, 0.1) is 22.6 Å². The third-order valence-corrected chi connectivity index (χ3v) is 11.9. The molecule has 4 aliphatic heterocycles. The summed E-state index contributed by atoms with van der Waals surface area (Å²) >= 11 is 0. The van der Waals surface area contributed by atoms with Gasteiger partial charge < -0.3 is 29.5 Å². The first-order chi connectivity index (χ1) is 23.0. The van der Waals surface area contributed by atoms with E-state index in [1.165, 1.54) is 37.4 Å². The molecule has 5 fully saturated rings. The van der Waals surface area contributed by atoms with Crippen LogP contribution in [0.5, 0.6) is 11.5 Å². The molecular weight excluding hydrogens is 611 g/mol. The summed E-state index contributed by atoms with van der Waals surface area (Å²) in [5, 5.41) is 3.42. The lowest BCUT2D eigenvalue weighted by molar-refractivity contribution is -0.127. The fourth-order valence-corrected chi connectivity index (χ4v) is 9.29. The highest BCUT2D eigenvalue weighted by atomic mass is 19.1. The lowest BCUT2D eigenvalue weighted by atomic mass is 9.70. The number of carbonyl (C=O) groups excluding carboxylic acids is 2. The first-order valence-electron chi connectivity index (χ1n) is 18.0. The maximum Gasteiger partial charge on any atom is 0.258 e. The highest BCUT2D eigenvalue weighted by molar-refractivity contribution is 5.97. The average Bonchev–Trinajstić information content (AvgIpc) is 3.62. The van der Waals surface area contributed by atoms with E-state index in [1.807, 2.05) is 27.7 Å².